The van der Waals surface area contributed by atoms with Crippen molar-refractivity contribution in [1.82, 2.24) is 4.90 Å². The molecule has 2 aromatic carbocycles. The summed E-state index contributed by atoms with van der Waals surface area (Å²) in [5, 5.41) is 3.17. The smallest absolute Gasteiger partial charge is 0.193 e. The molecule has 7 heteroatoms. The molecule has 29 heavy (non-hydrogen) atoms. The molecule has 3 N–H and O–H groups in total. The van der Waals surface area contributed by atoms with Crippen molar-refractivity contribution in [3.63, 3.8) is 0 Å². The van der Waals surface area contributed by atoms with Crippen molar-refractivity contribution < 1.29 is 9.47 Å². The lowest BCUT2D eigenvalue weighted by Gasteiger charge is -2.29. The minimum atomic E-state index is 0. The Bertz CT molecular complexity index is 782. The van der Waals surface area contributed by atoms with Gasteiger partial charge in [-0.05, 0) is 30.8 Å². The summed E-state index contributed by atoms with van der Waals surface area (Å²) in [6.45, 7) is 8.18. The summed E-state index contributed by atoms with van der Waals surface area (Å²) in [6.07, 6.45) is 0.882. The maximum atomic E-state index is 6.17. The molecule has 1 heterocycles. The van der Waals surface area contributed by atoms with E-state index in [0.717, 1.165) is 36.7 Å². The monoisotopic (exact) mass is 510 g/mol. The zero-order chi connectivity index (χ0) is 19.8. The second-order valence-corrected chi connectivity index (χ2v) is 6.71. The van der Waals surface area contributed by atoms with Crippen LogP contribution in [0.15, 0.2) is 53.5 Å². The lowest BCUT2D eigenvalue weighted by Crippen LogP contribution is -2.32. The van der Waals surface area contributed by atoms with E-state index >= 15 is 0 Å². The Labute approximate surface area is 190 Å². The molecule has 0 radical (unpaired) electrons. The molecule has 158 valence electrons. The van der Waals surface area contributed by atoms with E-state index in [0.29, 0.717) is 25.7 Å². The Balaban J connectivity index is 0.00000300. The van der Waals surface area contributed by atoms with Crippen LogP contribution in [0.1, 0.15) is 31.9 Å². The van der Waals surface area contributed by atoms with Crippen molar-refractivity contribution in [3.05, 3.63) is 54.1 Å². The lowest BCUT2D eigenvalue weighted by molar-refractivity contribution is 0.224. The van der Waals surface area contributed by atoms with E-state index in [9.17, 15) is 0 Å². The summed E-state index contributed by atoms with van der Waals surface area (Å²) in [4.78, 5) is 7.00. The summed E-state index contributed by atoms with van der Waals surface area (Å²) in [5.74, 6) is 1.90. The third-order valence-electron chi connectivity index (χ3n) is 4.89. The molecule has 0 aliphatic carbocycles. The molecule has 1 aliphatic heterocycles. The summed E-state index contributed by atoms with van der Waals surface area (Å²) < 4.78 is 11.4. The van der Waals surface area contributed by atoms with Gasteiger partial charge in [-0.15, -0.1) is 24.0 Å². The molecule has 1 aliphatic rings. The molecular formula is C22H31IN4O2. The zero-order valence-corrected chi connectivity index (χ0v) is 19.5. The van der Waals surface area contributed by atoms with E-state index in [-0.39, 0.29) is 30.0 Å². The largest absolute Gasteiger partial charge is 0.490 e. The van der Waals surface area contributed by atoms with Crippen LogP contribution in [0, 0.1) is 0 Å². The predicted octanol–water partition coefficient (Wildman–Crippen LogP) is 4.28. The first kappa shape index (κ1) is 23.3. The molecule has 6 nitrogen and oxygen atoms in total. The fraction of sp³-hybridized carbons (Fsp3) is 0.409. The van der Waals surface area contributed by atoms with Gasteiger partial charge in [0, 0.05) is 18.2 Å². The molecule has 0 aromatic heterocycles. The van der Waals surface area contributed by atoms with E-state index in [1.54, 1.807) is 0 Å². The van der Waals surface area contributed by atoms with Gasteiger partial charge in [0.1, 0.15) is 0 Å². The molecule has 0 saturated carbocycles. The summed E-state index contributed by atoms with van der Waals surface area (Å²) in [5.41, 5.74) is 8.26. The summed E-state index contributed by atoms with van der Waals surface area (Å²) in [7, 11) is 0. The molecule has 0 spiro atoms. The van der Waals surface area contributed by atoms with Gasteiger partial charge in [-0.3, -0.25) is 9.89 Å². The number of anilines is 1. The third kappa shape index (κ3) is 6.50. The number of rotatable bonds is 7. The Hall–Kier alpha value is -2.00. The number of halogens is 1. The fourth-order valence-corrected chi connectivity index (χ4v) is 3.38. The van der Waals surface area contributed by atoms with Crippen LogP contribution in [0.5, 0.6) is 11.5 Å². The molecule has 0 bridgehead atoms. The third-order valence-corrected chi connectivity index (χ3v) is 4.89. The van der Waals surface area contributed by atoms with Crippen LogP contribution in [0.2, 0.25) is 0 Å². The maximum absolute atomic E-state index is 6.17. The first-order chi connectivity index (χ1) is 13.7. The van der Waals surface area contributed by atoms with Gasteiger partial charge in [0.05, 0.1) is 25.8 Å². The molecule has 0 fully saturated rings. The van der Waals surface area contributed by atoms with Gasteiger partial charge in [0.15, 0.2) is 17.5 Å². The van der Waals surface area contributed by atoms with Crippen molar-refractivity contribution >= 4 is 35.6 Å². The molecule has 1 unspecified atom stereocenters. The Morgan fingerprint density at radius 2 is 1.76 bits per heavy atom. The van der Waals surface area contributed by atoms with Crippen LogP contribution < -0.4 is 20.5 Å². The van der Waals surface area contributed by atoms with Crippen LogP contribution in [0.4, 0.5) is 5.69 Å². The highest BCUT2D eigenvalue weighted by molar-refractivity contribution is 14.0. The molecule has 0 amide bonds. The Kier molecular flexibility index (Phi) is 9.53. The number of ether oxygens (including phenoxy) is 2. The maximum Gasteiger partial charge on any atom is 0.193 e. The van der Waals surface area contributed by atoms with Crippen molar-refractivity contribution in [2.75, 3.05) is 38.2 Å². The Morgan fingerprint density at radius 3 is 2.45 bits per heavy atom. The number of benzene rings is 2. The second kappa shape index (κ2) is 11.9. The summed E-state index contributed by atoms with van der Waals surface area (Å²) >= 11 is 0. The SMILES string of the molecule is CCN(CC)C(CN=C(N)Nc1ccc2c(c1)OCCCO2)c1ccccc1.I. The van der Waals surface area contributed by atoms with Gasteiger partial charge >= 0.3 is 0 Å². The van der Waals surface area contributed by atoms with E-state index < -0.39 is 0 Å². The predicted molar refractivity (Wildman–Crippen MR) is 130 cm³/mol. The van der Waals surface area contributed by atoms with Crippen LogP contribution in [0.3, 0.4) is 0 Å². The van der Waals surface area contributed by atoms with Gasteiger partial charge in [-0.25, -0.2) is 0 Å². The topological polar surface area (TPSA) is 72.1 Å². The van der Waals surface area contributed by atoms with Crippen LogP contribution >= 0.6 is 24.0 Å². The highest BCUT2D eigenvalue weighted by atomic mass is 127. The number of nitrogens with zero attached hydrogens (tertiary/aromatic N) is 2. The lowest BCUT2D eigenvalue weighted by atomic mass is 10.1. The quantitative estimate of drug-likeness (QED) is 0.331. The normalized spacial score (nSPS) is 14.7. The van der Waals surface area contributed by atoms with Gasteiger partial charge in [-0.2, -0.15) is 0 Å². The number of nitrogens with one attached hydrogen (secondary N) is 1. The van der Waals surface area contributed by atoms with Crippen molar-refractivity contribution in [2.24, 2.45) is 10.7 Å². The van der Waals surface area contributed by atoms with E-state index in [2.05, 4.69) is 53.3 Å². The van der Waals surface area contributed by atoms with E-state index in [4.69, 9.17) is 15.2 Å². The molecule has 0 saturated heterocycles. The number of guanidine groups is 1. The van der Waals surface area contributed by atoms with E-state index in [1.165, 1.54) is 5.56 Å². The zero-order valence-electron chi connectivity index (χ0n) is 17.1. The highest BCUT2D eigenvalue weighted by Gasteiger charge is 2.17. The van der Waals surface area contributed by atoms with E-state index in [1.807, 2.05) is 24.3 Å². The van der Waals surface area contributed by atoms with Crippen LogP contribution in [-0.4, -0.2) is 43.7 Å². The summed E-state index contributed by atoms with van der Waals surface area (Å²) in [6, 6.07) is 16.4. The van der Waals surface area contributed by atoms with Gasteiger partial charge in [0.25, 0.3) is 0 Å². The second-order valence-electron chi connectivity index (χ2n) is 6.71. The molecule has 3 rings (SSSR count). The number of hydrogen-bond donors (Lipinski definition) is 2. The minimum Gasteiger partial charge on any atom is -0.490 e. The van der Waals surface area contributed by atoms with Crippen LogP contribution in [-0.2, 0) is 0 Å². The first-order valence-corrected chi connectivity index (χ1v) is 9.96. The molecule has 1 atom stereocenters. The number of fused-ring (bicyclic) bond motifs is 1. The number of hydrogen-bond acceptors (Lipinski definition) is 4. The molecule has 2 aromatic rings. The van der Waals surface area contributed by atoms with Crippen molar-refractivity contribution in [2.45, 2.75) is 26.3 Å². The first-order valence-electron chi connectivity index (χ1n) is 9.96. The van der Waals surface area contributed by atoms with Gasteiger partial charge in [-0.1, -0.05) is 44.2 Å². The minimum absolute atomic E-state index is 0. The number of aliphatic imine (C=N–C) groups is 1. The van der Waals surface area contributed by atoms with Crippen molar-refractivity contribution in [1.29, 1.82) is 0 Å². The van der Waals surface area contributed by atoms with Gasteiger partial charge < -0.3 is 20.5 Å². The fourth-order valence-electron chi connectivity index (χ4n) is 3.38. The average Bonchev–Trinajstić information content (AvgIpc) is 2.97. The standard InChI is InChI=1S/C22H30N4O2.HI/c1-3-26(4-2)19(17-9-6-5-7-10-17)16-24-22(23)25-18-11-12-20-21(15-18)28-14-8-13-27-20;/h5-7,9-12,15,19H,3-4,8,13-14,16H2,1-2H3,(H3,23,24,25);1H. The van der Waals surface area contributed by atoms with Crippen LogP contribution in [0.25, 0.3) is 0 Å². The Morgan fingerprint density at radius 1 is 1.07 bits per heavy atom. The average molecular weight is 510 g/mol. The highest BCUT2D eigenvalue weighted by Crippen LogP contribution is 2.32. The molecular weight excluding hydrogens is 479 g/mol. The van der Waals surface area contributed by atoms with Gasteiger partial charge in [0.2, 0.25) is 0 Å². The number of nitrogens with two attached hydrogens (primary N) is 1. The van der Waals surface area contributed by atoms with Crippen molar-refractivity contribution in [3.8, 4) is 11.5 Å². The number of likely N-dealkylation sites (N-methyl/N-ethyl adjacent to an activating group) is 1.